The van der Waals surface area contributed by atoms with E-state index in [1.165, 1.54) is 0 Å². The summed E-state index contributed by atoms with van der Waals surface area (Å²) in [5, 5.41) is 3.68. The van der Waals surface area contributed by atoms with E-state index in [9.17, 15) is 0 Å². The van der Waals surface area contributed by atoms with Gasteiger partial charge in [0.1, 0.15) is 5.82 Å². The van der Waals surface area contributed by atoms with Crippen LogP contribution in [0.1, 0.15) is 5.82 Å². The maximum Gasteiger partial charge on any atom is 0.229 e. The fourth-order valence-electron chi connectivity index (χ4n) is 1.95. The first-order valence-corrected chi connectivity index (χ1v) is 5.30. The van der Waals surface area contributed by atoms with Crippen LogP contribution in [0, 0.1) is 6.92 Å². The number of aryl methyl sites for hydroxylation is 2. The van der Waals surface area contributed by atoms with Gasteiger partial charge in [0.25, 0.3) is 0 Å². The Kier molecular flexibility index (Phi) is 1.95. The van der Waals surface area contributed by atoms with Gasteiger partial charge in [0.15, 0.2) is 0 Å². The number of anilines is 1. The molecule has 2 aromatic heterocycles. The minimum absolute atomic E-state index is 0.331. The molecule has 3 aromatic rings. The van der Waals surface area contributed by atoms with Crippen LogP contribution in [0.3, 0.4) is 0 Å². The number of hydrogen-bond donors (Lipinski definition) is 1. The van der Waals surface area contributed by atoms with E-state index >= 15 is 0 Å². The van der Waals surface area contributed by atoms with Crippen molar-refractivity contribution in [1.82, 2.24) is 14.7 Å². The van der Waals surface area contributed by atoms with Crippen molar-refractivity contribution in [2.24, 2.45) is 7.05 Å². The minimum Gasteiger partial charge on any atom is -0.367 e. The van der Waals surface area contributed by atoms with Gasteiger partial charge in [-0.1, -0.05) is 11.2 Å². The molecule has 0 bridgehead atoms. The zero-order chi connectivity index (χ0) is 12.0. The zero-order valence-electron chi connectivity index (χ0n) is 9.64. The third-order valence-electron chi connectivity index (χ3n) is 3.01. The molecule has 17 heavy (non-hydrogen) atoms. The third-order valence-corrected chi connectivity index (χ3v) is 3.01. The normalized spacial score (nSPS) is 11.2. The Bertz CT molecular complexity index is 696. The van der Waals surface area contributed by atoms with Gasteiger partial charge >= 0.3 is 0 Å². The second kappa shape index (κ2) is 3.35. The number of fused-ring (bicyclic) bond motifs is 1. The summed E-state index contributed by atoms with van der Waals surface area (Å²) in [5.41, 5.74) is 9.51. The summed E-state index contributed by atoms with van der Waals surface area (Å²) < 4.78 is 6.91. The first-order valence-electron chi connectivity index (χ1n) is 5.30. The molecule has 5 nitrogen and oxygen atoms in total. The molecule has 2 heterocycles. The molecule has 0 radical (unpaired) electrons. The van der Waals surface area contributed by atoms with E-state index in [2.05, 4.69) is 14.7 Å². The molecule has 86 valence electrons. The lowest BCUT2D eigenvalue weighted by atomic mass is 10.1. The molecule has 1 aromatic carbocycles. The minimum atomic E-state index is 0.331. The van der Waals surface area contributed by atoms with Crippen LogP contribution in [0.5, 0.6) is 0 Å². The van der Waals surface area contributed by atoms with Crippen molar-refractivity contribution in [3.63, 3.8) is 0 Å². The number of hydrogen-bond acceptors (Lipinski definition) is 4. The molecule has 0 atom stereocenters. The SMILES string of the molecule is Cc1nc2cc(-c3cnoc3N)ccc2n1C. The highest BCUT2D eigenvalue weighted by Gasteiger charge is 2.10. The van der Waals surface area contributed by atoms with Crippen LogP contribution in [0.2, 0.25) is 0 Å². The Morgan fingerprint density at radius 2 is 2.18 bits per heavy atom. The van der Waals surface area contributed by atoms with Crippen molar-refractivity contribution >= 4 is 16.9 Å². The van der Waals surface area contributed by atoms with E-state index in [1.54, 1.807) is 6.20 Å². The lowest BCUT2D eigenvalue weighted by molar-refractivity contribution is 0.436. The Labute approximate surface area is 97.8 Å². The second-order valence-electron chi connectivity index (χ2n) is 4.03. The Balaban J connectivity index is 2.24. The van der Waals surface area contributed by atoms with Crippen LogP contribution in [-0.4, -0.2) is 14.7 Å². The number of imidazole rings is 1. The van der Waals surface area contributed by atoms with Crippen molar-refractivity contribution in [2.75, 3.05) is 5.73 Å². The first-order chi connectivity index (χ1) is 8.16. The van der Waals surface area contributed by atoms with Gasteiger partial charge in [-0.25, -0.2) is 4.98 Å². The molecular formula is C12H12N4O. The molecule has 5 heteroatoms. The molecule has 0 amide bonds. The summed E-state index contributed by atoms with van der Waals surface area (Å²) in [6.45, 7) is 1.98. The molecule has 0 aliphatic rings. The highest BCUT2D eigenvalue weighted by atomic mass is 16.5. The van der Waals surface area contributed by atoms with Crippen molar-refractivity contribution in [1.29, 1.82) is 0 Å². The predicted octanol–water partition coefficient (Wildman–Crippen LogP) is 2.12. The Morgan fingerprint density at radius 3 is 2.88 bits per heavy atom. The highest BCUT2D eigenvalue weighted by molar-refractivity contribution is 5.84. The smallest absolute Gasteiger partial charge is 0.229 e. The lowest BCUT2D eigenvalue weighted by Crippen LogP contribution is -1.90. The van der Waals surface area contributed by atoms with Crippen LogP contribution in [0.4, 0.5) is 5.88 Å². The van der Waals surface area contributed by atoms with Crippen LogP contribution >= 0.6 is 0 Å². The van der Waals surface area contributed by atoms with Gasteiger partial charge in [0.05, 0.1) is 22.8 Å². The molecular weight excluding hydrogens is 216 g/mol. The molecule has 0 saturated carbocycles. The molecule has 2 N–H and O–H groups in total. The number of rotatable bonds is 1. The van der Waals surface area contributed by atoms with Crippen LogP contribution < -0.4 is 5.73 Å². The van der Waals surface area contributed by atoms with Gasteiger partial charge in [-0.15, -0.1) is 0 Å². The van der Waals surface area contributed by atoms with Gasteiger partial charge in [-0.2, -0.15) is 0 Å². The van der Waals surface area contributed by atoms with Crippen molar-refractivity contribution < 1.29 is 4.52 Å². The summed E-state index contributed by atoms with van der Waals surface area (Å²) in [6, 6.07) is 6.01. The predicted molar refractivity (Wildman–Crippen MR) is 65.4 cm³/mol. The quantitative estimate of drug-likeness (QED) is 0.692. The van der Waals surface area contributed by atoms with E-state index < -0.39 is 0 Å². The fraction of sp³-hybridized carbons (Fsp3) is 0.167. The topological polar surface area (TPSA) is 69.9 Å². The summed E-state index contributed by atoms with van der Waals surface area (Å²) in [6.07, 6.45) is 1.62. The van der Waals surface area contributed by atoms with Crippen LogP contribution in [0.15, 0.2) is 28.9 Å². The average molecular weight is 228 g/mol. The van der Waals surface area contributed by atoms with Gasteiger partial charge in [0.2, 0.25) is 5.88 Å². The van der Waals surface area contributed by atoms with E-state index in [1.807, 2.05) is 32.2 Å². The van der Waals surface area contributed by atoms with E-state index in [0.29, 0.717) is 5.88 Å². The fourth-order valence-corrected chi connectivity index (χ4v) is 1.95. The summed E-state index contributed by atoms with van der Waals surface area (Å²) in [5.74, 6) is 1.31. The molecule has 0 aliphatic heterocycles. The van der Waals surface area contributed by atoms with Crippen molar-refractivity contribution in [2.45, 2.75) is 6.92 Å². The third kappa shape index (κ3) is 1.39. The Hall–Kier alpha value is -2.30. The molecule has 0 unspecified atom stereocenters. The van der Waals surface area contributed by atoms with Crippen LogP contribution in [0.25, 0.3) is 22.2 Å². The molecule has 3 rings (SSSR count). The zero-order valence-corrected chi connectivity index (χ0v) is 9.64. The second-order valence-corrected chi connectivity index (χ2v) is 4.03. The standard InChI is InChI=1S/C12H12N4O/c1-7-15-10-5-8(3-4-11(10)16(7)2)9-6-14-17-12(9)13/h3-6H,13H2,1-2H3. The molecule has 0 aliphatic carbocycles. The number of nitrogen functional groups attached to an aromatic ring is 1. The van der Waals surface area contributed by atoms with E-state index in [-0.39, 0.29) is 0 Å². The van der Waals surface area contributed by atoms with Crippen molar-refractivity contribution in [3.05, 3.63) is 30.2 Å². The number of benzene rings is 1. The first kappa shape index (κ1) is 9.89. The summed E-state index contributed by atoms with van der Waals surface area (Å²) >= 11 is 0. The van der Waals surface area contributed by atoms with Crippen LogP contribution in [-0.2, 0) is 7.05 Å². The van der Waals surface area contributed by atoms with Gasteiger partial charge in [-0.3, -0.25) is 0 Å². The maximum atomic E-state index is 5.70. The molecule has 0 saturated heterocycles. The van der Waals surface area contributed by atoms with Gasteiger partial charge in [0, 0.05) is 7.05 Å². The molecule has 0 fully saturated rings. The van der Waals surface area contributed by atoms with Crippen molar-refractivity contribution in [3.8, 4) is 11.1 Å². The molecule has 0 spiro atoms. The maximum absolute atomic E-state index is 5.70. The average Bonchev–Trinajstić information content (AvgIpc) is 2.84. The number of nitrogens with zero attached hydrogens (tertiary/aromatic N) is 3. The number of aromatic nitrogens is 3. The summed E-state index contributed by atoms with van der Waals surface area (Å²) in [7, 11) is 2.00. The number of nitrogens with two attached hydrogens (primary N) is 1. The largest absolute Gasteiger partial charge is 0.367 e. The summed E-state index contributed by atoms with van der Waals surface area (Å²) in [4.78, 5) is 4.48. The Morgan fingerprint density at radius 1 is 1.35 bits per heavy atom. The monoisotopic (exact) mass is 228 g/mol. The van der Waals surface area contributed by atoms with Gasteiger partial charge < -0.3 is 14.8 Å². The van der Waals surface area contributed by atoms with Gasteiger partial charge in [-0.05, 0) is 24.6 Å². The van der Waals surface area contributed by atoms with E-state index in [0.717, 1.165) is 28.0 Å². The highest BCUT2D eigenvalue weighted by Crippen LogP contribution is 2.28. The lowest BCUT2D eigenvalue weighted by Gasteiger charge is -1.99. The van der Waals surface area contributed by atoms with E-state index in [4.69, 9.17) is 10.3 Å².